The summed E-state index contributed by atoms with van der Waals surface area (Å²) in [6.07, 6.45) is 4.06. The smallest absolute Gasteiger partial charge is 0.260 e. The third-order valence-electron chi connectivity index (χ3n) is 3.55. The summed E-state index contributed by atoms with van der Waals surface area (Å²) in [7, 11) is 0. The molecule has 1 N–H and O–H groups in total. The van der Waals surface area contributed by atoms with E-state index in [0.717, 1.165) is 6.42 Å². The van der Waals surface area contributed by atoms with Crippen molar-refractivity contribution in [2.24, 2.45) is 0 Å². The number of anilines is 1. The number of carbonyl (C=O) groups is 1. The van der Waals surface area contributed by atoms with Crippen molar-refractivity contribution in [3.8, 4) is 0 Å². The molecule has 0 spiro atoms. The molecule has 0 unspecified atom stereocenters. The van der Waals surface area contributed by atoms with Crippen LogP contribution in [0.5, 0.6) is 0 Å². The highest BCUT2D eigenvalue weighted by atomic mass is 35.5. The van der Waals surface area contributed by atoms with E-state index in [1.807, 2.05) is 30.3 Å². The molecule has 0 radical (unpaired) electrons. The maximum absolute atomic E-state index is 13.8. The first-order valence-corrected chi connectivity index (χ1v) is 7.83. The number of carbonyl (C=O) groups excluding carboxylic acids is 1. The molecule has 1 amide bonds. The maximum Gasteiger partial charge on any atom is 0.260 e. The van der Waals surface area contributed by atoms with Crippen molar-refractivity contribution >= 4 is 23.2 Å². The fraction of sp³-hybridized carbons (Fsp3) is 0.111. The Balaban J connectivity index is 1.64. The number of nitrogens with one attached hydrogen (secondary N) is 1. The van der Waals surface area contributed by atoms with E-state index in [1.54, 1.807) is 10.9 Å². The van der Waals surface area contributed by atoms with Gasteiger partial charge in [-0.3, -0.25) is 9.48 Å². The predicted molar refractivity (Wildman–Crippen MR) is 91.7 cm³/mol. The van der Waals surface area contributed by atoms with Crippen molar-refractivity contribution < 1.29 is 9.18 Å². The second-order valence-electron chi connectivity index (χ2n) is 5.28. The number of halogens is 2. The topological polar surface area (TPSA) is 46.9 Å². The zero-order chi connectivity index (χ0) is 16.9. The standard InChI is InChI=1S/C18H15ClFN3O/c19-15-7-4-8-16(20)17(15)18(24)22-14-11-21-23(12-14)10-9-13-5-2-1-3-6-13/h1-8,11-12H,9-10H2,(H,22,24). The van der Waals surface area contributed by atoms with Gasteiger partial charge in [0, 0.05) is 12.7 Å². The van der Waals surface area contributed by atoms with E-state index in [0.29, 0.717) is 12.2 Å². The zero-order valence-electron chi connectivity index (χ0n) is 12.7. The summed E-state index contributed by atoms with van der Waals surface area (Å²) < 4.78 is 15.5. The fourth-order valence-electron chi connectivity index (χ4n) is 2.35. The molecule has 122 valence electrons. The van der Waals surface area contributed by atoms with E-state index >= 15 is 0 Å². The third kappa shape index (κ3) is 3.81. The van der Waals surface area contributed by atoms with Crippen LogP contribution >= 0.6 is 11.6 Å². The van der Waals surface area contributed by atoms with Crippen LogP contribution < -0.4 is 5.32 Å². The van der Waals surface area contributed by atoms with Crippen LogP contribution in [0.1, 0.15) is 15.9 Å². The lowest BCUT2D eigenvalue weighted by Crippen LogP contribution is -2.14. The Morgan fingerprint density at radius 2 is 1.96 bits per heavy atom. The van der Waals surface area contributed by atoms with E-state index in [9.17, 15) is 9.18 Å². The van der Waals surface area contributed by atoms with Crippen molar-refractivity contribution in [2.75, 3.05) is 5.32 Å². The fourth-order valence-corrected chi connectivity index (χ4v) is 2.60. The molecular formula is C18H15ClFN3O. The van der Waals surface area contributed by atoms with E-state index in [1.165, 1.54) is 30.0 Å². The molecule has 0 aliphatic heterocycles. The van der Waals surface area contributed by atoms with Crippen molar-refractivity contribution in [3.63, 3.8) is 0 Å². The van der Waals surface area contributed by atoms with Gasteiger partial charge in [-0.1, -0.05) is 48.0 Å². The summed E-state index contributed by atoms with van der Waals surface area (Å²) in [5, 5.41) is 6.88. The zero-order valence-corrected chi connectivity index (χ0v) is 13.5. The third-order valence-corrected chi connectivity index (χ3v) is 3.87. The molecule has 2 aromatic carbocycles. The summed E-state index contributed by atoms with van der Waals surface area (Å²) in [4.78, 5) is 12.2. The van der Waals surface area contributed by atoms with Crippen LogP contribution in [0.25, 0.3) is 0 Å². The van der Waals surface area contributed by atoms with Gasteiger partial charge < -0.3 is 5.32 Å². The molecule has 1 aromatic heterocycles. The van der Waals surface area contributed by atoms with Gasteiger partial charge in [0.1, 0.15) is 5.82 Å². The minimum Gasteiger partial charge on any atom is -0.319 e. The Morgan fingerprint density at radius 3 is 2.71 bits per heavy atom. The van der Waals surface area contributed by atoms with Gasteiger partial charge in [-0.05, 0) is 24.1 Å². The molecule has 1 heterocycles. The van der Waals surface area contributed by atoms with Gasteiger partial charge in [0.05, 0.1) is 22.5 Å². The lowest BCUT2D eigenvalue weighted by molar-refractivity contribution is 0.102. The van der Waals surface area contributed by atoms with Gasteiger partial charge in [-0.25, -0.2) is 4.39 Å². The summed E-state index contributed by atoms with van der Waals surface area (Å²) in [6.45, 7) is 0.681. The molecule has 0 bridgehead atoms. The van der Waals surface area contributed by atoms with Gasteiger partial charge >= 0.3 is 0 Å². The van der Waals surface area contributed by atoms with Crippen LogP contribution in [-0.4, -0.2) is 15.7 Å². The Bertz CT molecular complexity index is 828. The molecule has 24 heavy (non-hydrogen) atoms. The molecule has 0 atom stereocenters. The van der Waals surface area contributed by atoms with Crippen LogP contribution in [0.4, 0.5) is 10.1 Å². The highest BCUT2D eigenvalue weighted by Crippen LogP contribution is 2.20. The predicted octanol–water partition coefficient (Wildman–Crippen LogP) is 4.17. The number of benzene rings is 2. The summed E-state index contributed by atoms with van der Waals surface area (Å²) in [6, 6.07) is 14.2. The summed E-state index contributed by atoms with van der Waals surface area (Å²) in [5.74, 6) is -1.25. The normalized spacial score (nSPS) is 10.6. The molecule has 6 heteroatoms. The van der Waals surface area contributed by atoms with Gasteiger partial charge in [0.2, 0.25) is 0 Å². The number of nitrogens with zero attached hydrogens (tertiary/aromatic N) is 2. The molecule has 0 aliphatic rings. The average molecular weight is 344 g/mol. The number of hydrogen-bond acceptors (Lipinski definition) is 2. The van der Waals surface area contributed by atoms with Crippen LogP contribution in [0.3, 0.4) is 0 Å². The van der Waals surface area contributed by atoms with E-state index < -0.39 is 11.7 Å². The van der Waals surface area contributed by atoms with E-state index in [-0.39, 0.29) is 10.6 Å². The van der Waals surface area contributed by atoms with Crippen LogP contribution in [0.15, 0.2) is 60.9 Å². The van der Waals surface area contributed by atoms with Crippen LogP contribution in [-0.2, 0) is 13.0 Å². The van der Waals surface area contributed by atoms with Gasteiger partial charge in [0.15, 0.2) is 0 Å². The van der Waals surface area contributed by atoms with Gasteiger partial charge in [-0.2, -0.15) is 5.10 Å². The summed E-state index contributed by atoms with van der Waals surface area (Å²) >= 11 is 5.89. The first-order chi connectivity index (χ1) is 11.6. The first kappa shape index (κ1) is 16.2. The van der Waals surface area contributed by atoms with Gasteiger partial charge in [-0.15, -0.1) is 0 Å². The number of hydrogen-bond donors (Lipinski definition) is 1. The maximum atomic E-state index is 13.8. The molecule has 3 rings (SSSR count). The first-order valence-electron chi connectivity index (χ1n) is 7.45. The lowest BCUT2D eigenvalue weighted by atomic mass is 10.1. The number of aromatic nitrogens is 2. The molecule has 0 fully saturated rings. The van der Waals surface area contributed by atoms with E-state index in [2.05, 4.69) is 10.4 Å². The van der Waals surface area contributed by atoms with Crippen molar-refractivity contribution in [1.29, 1.82) is 0 Å². The second kappa shape index (κ2) is 7.27. The van der Waals surface area contributed by atoms with Crippen LogP contribution in [0.2, 0.25) is 5.02 Å². The molecule has 3 aromatic rings. The number of amides is 1. The number of rotatable bonds is 5. The largest absolute Gasteiger partial charge is 0.319 e. The van der Waals surface area contributed by atoms with Crippen LogP contribution in [0, 0.1) is 5.82 Å². The highest BCUT2D eigenvalue weighted by Gasteiger charge is 2.16. The van der Waals surface area contributed by atoms with Crippen molar-refractivity contribution in [2.45, 2.75) is 13.0 Å². The number of aryl methyl sites for hydroxylation is 2. The Hall–Kier alpha value is -2.66. The molecule has 0 saturated heterocycles. The molecular weight excluding hydrogens is 329 g/mol. The Kier molecular flexibility index (Phi) is 4.91. The summed E-state index contributed by atoms with van der Waals surface area (Å²) in [5.41, 5.74) is 1.53. The quantitative estimate of drug-likeness (QED) is 0.755. The van der Waals surface area contributed by atoms with Crippen molar-refractivity contribution in [3.05, 3.63) is 82.9 Å². The molecule has 0 aliphatic carbocycles. The van der Waals surface area contributed by atoms with E-state index in [4.69, 9.17) is 11.6 Å². The SMILES string of the molecule is O=C(Nc1cnn(CCc2ccccc2)c1)c1c(F)cccc1Cl. The van der Waals surface area contributed by atoms with Crippen molar-refractivity contribution in [1.82, 2.24) is 9.78 Å². The highest BCUT2D eigenvalue weighted by molar-refractivity contribution is 6.34. The Labute approximate surface area is 143 Å². The second-order valence-corrected chi connectivity index (χ2v) is 5.69. The Morgan fingerprint density at radius 1 is 1.17 bits per heavy atom. The van der Waals surface area contributed by atoms with Gasteiger partial charge in [0.25, 0.3) is 5.91 Å². The molecule has 4 nitrogen and oxygen atoms in total. The average Bonchev–Trinajstić information content (AvgIpc) is 3.01. The minimum absolute atomic E-state index is 0.0731. The minimum atomic E-state index is -0.656. The molecule has 0 saturated carbocycles. The monoisotopic (exact) mass is 343 g/mol. The lowest BCUT2D eigenvalue weighted by Gasteiger charge is -2.05.